The van der Waals surface area contributed by atoms with Crippen molar-refractivity contribution in [2.75, 3.05) is 19.3 Å². The summed E-state index contributed by atoms with van der Waals surface area (Å²) in [7, 11) is -3.31. The van der Waals surface area contributed by atoms with Gasteiger partial charge in [-0.15, -0.1) is 0 Å². The van der Waals surface area contributed by atoms with E-state index in [2.05, 4.69) is 17.0 Å². The van der Waals surface area contributed by atoms with Crippen LogP contribution >= 0.6 is 0 Å². The Hall–Kier alpha value is -0.910. The molecule has 1 saturated heterocycles. The van der Waals surface area contributed by atoms with Crippen molar-refractivity contribution < 1.29 is 12.6 Å². The van der Waals surface area contributed by atoms with Crippen molar-refractivity contribution in [3.63, 3.8) is 0 Å². The van der Waals surface area contributed by atoms with Crippen LogP contribution in [0.4, 0.5) is 0 Å². The van der Waals surface area contributed by atoms with Crippen LogP contribution in [-0.4, -0.2) is 38.8 Å². The molecule has 1 fully saturated rings. The normalized spacial score (nSPS) is 18.3. The van der Waals surface area contributed by atoms with Gasteiger partial charge in [0.05, 0.1) is 6.26 Å². The second-order valence-corrected chi connectivity index (χ2v) is 5.70. The fourth-order valence-electron chi connectivity index (χ4n) is 1.80. The average Bonchev–Trinajstić information content (AvgIpc) is 2.14. The summed E-state index contributed by atoms with van der Waals surface area (Å²) in [6.07, 6.45) is 0.922. The Labute approximate surface area is 96.0 Å². The summed E-state index contributed by atoms with van der Waals surface area (Å²) < 4.78 is 26.6. The topological polar surface area (TPSA) is 46.6 Å². The Balaban J connectivity index is 1.77. The maximum atomic E-state index is 10.9. The molecule has 1 heterocycles. The van der Waals surface area contributed by atoms with Crippen LogP contribution in [0.3, 0.4) is 0 Å². The van der Waals surface area contributed by atoms with E-state index in [0.29, 0.717) is 13.1 Å². The summed E-state index contributed by atoms with van der Waals surface area (Å²) in [5.41, 5.74) is 1.24. The molecule has 88 valence electrons. The lowest BCUT2D eigenvalue weighted by Crippen LogP contribution is -2.52. The Morgan fingerprint density at radius 1 is 1.31 bits per heavy atom. The molecule has 4 nitrogen and oxygen atoms in total. The largest absolute Gasteiger partial charge is 0.294 e. The molecule has 0 N–H and O–H groups in total. The van der Waals surface area contributed by atoms with Gasteiger partial charge in [0.1, 0.15) is 6.10 Å². The van der Waals surface area contributed by atoms with Crippen molar-refractivity contribution in [2.24, 2.45) is 0 Å². The second kappa shape index (κ2) is 4.53. The van der Waals surface area contributed by atoms with Crippen LogP contribution in [-0.2, 0) is 20.8 Å². The summed E-state index contributed by atoms with van der Waals surface area (Å²) in [4.78, 5) is 2.16. The third-order valence-corrected chi connectivity index (χ3v) is 3.11. The molecule has 5 heteroatoms. The summed E-state index contributed by atoms with van der Waals surface area (Å²) in [6, 6.07) is 10.1. The molecule has 2 rings (SSSR count). The number of hydrogen-bond donors (Lipinski definition) is 0. The number of nitrogens with zero attached hydrogens (tertiary/aromatic N) is 1. The van der Waals surface area contributed by atoms with Crippen LogP contribution in [0.2, 0.25) is 0 Å². The van der Waals surface area contributed by atoms with Crippen molar-refractivity contribution in [1.29, 1.82) is 0 Å². The van der Waals surface area contributed by atoms with E-state index in [4.69, 9.17) is 4.18 Å². The molecule has 0 spiro atoms. The maximum Gasteiger partial charge on any atom is 0.264 e. The van der Waals surface area contributed by atoms with Crippen molar-refractivity contribution in [2.45, 2.75) is 12.6 Å². The molecule has 1 aromatic carbocycles. The molecule has 1 aliphatic heterocycles. The first-order valence-electron chi connectivity index (χ1n) is 5.17. The average molecular weight is 241 g/mol. The number of rotatable bonds is 4. The summed E-state index contributed by atoms with van der Waals surface area (Å²) in [6.45, 7) is 2.22. The summed E-state index contributed by atoms with van der Waals surface area (Å²) >= 11 is 0. The molecular formula is C11H15NO3S. The molecule has 0 atom stereocenters. The maximum absolute atomic E-state index is 10.9. The zero-order valence-corrected chi connectivity index (χ0v) is 9.98. The molecule has 1 aromatic rings. The molecule has 0 saturated carbocycles. The quantitative estimate of drug-likeness (QED) is 0.733. The van der Waals surface area contributed by atoms with Crippen LogP contribution < -0.4 is 0 Å². The van der Waals surface area contributed by atoms with Crippen molar-refractivity contribution in [3.8, 4) is 0 Å². The molecule has 0 radical (unpaired) electrons. The van der Waals surface area contributed by atoms with E-state index in [1.54, 1.807) is 0 Å². The number of likely N-dealkylation sites (tertiary alicyclic amines) is 1. The minimum atomic E-state index is -3.31. The van der Waals surface area contributed by atoms with E-state index >= 15 is 0 Å². The fourth-order valence-corrected chi connectivity index (χ4v) is 2.42. The molecule has 0 amide bonds. The van der Waals surface area contributed by atoms with E-state index in [-0.39, 0.29) is 6.10 Å². The minimum Gasteiger partial charge on any atom is -0.294 e. The van der Waals surface area contributed by atoms with Gasteiger partial charge in [0.25, 0.3) is 10.1 Å². The van der Waals surface area contributed by atoms with E-state index in [1.807, 2.05) is 18.2 Å². The van der Waals surface area contributed by atoms with Crippen molar-refractivity contribution in [3.05, 3.63) is 35.9 Å². The Morgan fingerprint density at radius 3 is 2.50 bits per heavy atom. The predicted octanol–water partition coefficient (Wildman–Crippen LogP) is 0.847. The van der Waals surface area contributed by atoms with Gasteiger partial charge in [0, 0.05) is 19.6 Å². The second-order valence-electron chi connectivity index (χ2n) is 4.10. The Bertz CT molecular complexity index is 438. The highest BCUT2D eigenvalue weighted by Crippen LogP contribution is 2.16. The van der Waals surface area contributed by atoms with Crippen LogP contribution in [0.1, 0.15) is 5.56 Å². The lowest BCUT2D eigenvalue weighted by molar-refractivity contribution is 0.0195. The van der Waals surface area contributed by atoms with Crippen LogP contribution in [0.5, 0.6) is 0 Å². The molecule has 1 aliphatic rings. The smallest absolute Gasteiger partial charge is 0.264 e. The monoisotopic (exact) mass is 241 g/mol. The molecule has 16 heavy (non-hydrogen) atoms. The van der Waals surface area contributed by atoms with E-state index in [1.165, 1.54) is 5.56 Å². The molecule has 0 aromatic heterocycles. The predicted molar refractivity (Wildman–Crippen MR) is 61.4 cm³/mol. The first-order chi connectivity index (χ1) is 7.53. The minimum absolute atomic E-state index is 0.168. The van der Waals surface area contributed by atoms with Gasteiger partial charge >= 0.3 is 0 Å². The molecule has 0 bridgehead atoms. The summed E-state index contributed by atoms with van der Waals surface area (Å²) in [5, 5.41) is 0. The standard InChI is InChI=1S/C11H15NO3S/c1-16(13,14)15-11-8-12(9-11)7-10-5-3-2-4-6-10/h2-6,11H,7-9H2,1H3. The zero-order valence-electron chi connectivity index (χ0n) is 9.17. The van der Waals surface area contributed by atoms with E-state index in [9.17, 15) is 8.42 Å². The van der Waals surface area contributed by atoms with Gasteiger partial charge in [-0.2, -0.15) is 8.42 Å². The van der Waals surface area contributed by atoms with Crippen LogP contribution in [0.15, 0.2) is 30.3 Å². The molecule has 0 aliphatic carbocycles. The Morgan fingerprint density at radius 2 is 1.94 bits per heavy atom. The SMILES string of the molecule is CS(=O)(=O)OC1CN(Cc2ccccc2)C1. The highest BCUT2D eigenvalue weighted by Gasteiger charge is 2.30. The van der Waals surface area contributed by atoms with Gasteiger partial charge < -0.3 is 0 Å². The van der Waals surface area contributed by atoms with Gasteiger partial charge in [-0.1, -0.05) is 30.3 Å². The van der Waals surface area contributed by atoms with Gasteiger partial charge in [0.2, 0.25) is 0 Å². The van der Waals surface area contributed by atoms with E-state index < -0.39 is 10.1 Å². The fraction of sp³-hybridized carbons (Fsp3) is 0.455. The highest BCUT2D eigenvalue weighted by molar-refractivity contribution is 7.86. The highest BCUT2D eigenvalue weighted by atomic mass is 32.2. The van der Waals surface area contributed by atoms with Crippen molar-refractivity contribution >= 4 is 10.1 Å². The third kappa shape index (κ3) is 3.30. The van der Waals surface area contributed by atoms with Gasteiger partial charge in [-0.3, -0.25) is 9.08 Å². The van der Waals surface area contributed by atoms with Gasteiger partial charge in [0.15, 0.2) is 0 Å². The van der Waals surface area contributed by atoms with E-state index in [0.717, 1.165) is 12.8 Å². The molecular weight excluding hydrogens is 226 g/mol. The number of hydrogen-bond acceptors (Lipinski definition) is 4. The lowest BCUT2D eigenvalue weighted by atomic mass is 10.1. The first-order valence-corrected chi connectivity index (χ1v) is 6.99. The first kappa shape index (κ1) is 11.6. The lowest BCUT2D eigenvalue weighted by Gasteiger charge is -2.37. The Kier molecular flexibility index (Phi) is 3.28. The summed E-state index contributed by atoms with van der Waals surface area (Å²) in [5.74, 6) is 0. The zero-order chi connectivity index (χ0) is 11.6. The third-order valence-electron chi connectivity index (χ3n) is 2.48. The van der Waals surface area contributed by atoms with Crippen LogP contribution in [0, 0.1) is 0 Å². The van der Waals surface area contributed by atoms with Crippen LogP contribution in [0.25, 0.3) is 0 Å². The number of benzene rings is 1. The van der Waals surface area contributed by atoms with Gasteiger partial charge in [-0.05, 0) is 5.56 Å². The molecule has 0 unspecified atom stereocenters. The van der Waals surface area contributed by atoms with Crippen molar-refractivity contribution in [1.82, 2.24) is 4.90 Å². The van der Waals surface area contributed by atoms with Gasteiger partial charge in [-0.25, -0.2) is 0 Å².